The molecular formula is C7H11N3OS. The van der Waals surface area contributed by atoms with Crippen LogP contribution in [0.1, 0.15) is 17.3 Å². The van der Waals surface area contributed by atoms with Crippen LogP contribution in [0.15, 0.2) is 0 Å². The summed E-state index contributed by atoms with van der Waals surface area (Å²) in [5.74, 6) is 0.476. The zero-order valence-electron chi connectivity index (χ0n) is 6.91. The quantitative estimate of drug-likeness (QED) is 0.749. The molecule has 0 radical (unpaired) electrons. The molecule has 1 atom stereocenters. The summed E-state index contributed by atoms with van der Waals surface area (Å²) < 4.78 is 5.27. The Balaban J connectivity index is 2.11. The first-order valence-electron chi connectivity index (χ1n) is 3.99. The Bertz CT molecular complexity index is 257. The zero-order valence-corrected chi connectivity index (χ0v) is 7.73. The molecule has 0 spiro atoms. The van der Waals surface area contributed by atoms with Gasteiger partial charge in [-0.2, -0.15) is 0 Å². The first-order valence-corrected chi connectivity index (χ1v) is 4.80. The van der Waals surface area contributed by atoms with Crippen molar-refractivity contribution in [2.75, 3.05) is 25.6 Å². The number of nitrogens with zero attached hydrogens (tertiary/aromatic N) is 2. The van der Waals surface area contributed by atoms with E-state index in [9.17, 15) is 0 Å². The van der Waals surface area contributed by atoms with Gasteiger partial charge in [0.15, 0.2) is 0 Å². The van der Waals surface area contributed by atoms with Gasteiger partial charge >= 0.3 is 0 Å². The van der Waals surface area contributed by atoms with Crippen molar-refractivity contribution in [3.05, 3.63) is 5.01 Å². The third-order valence-corrected chi connectivity index (χ3v) is 3.04. The van der Waals surface area contributed by atoms with E-state index in [-0.39, 0.29) is 0 Å². The van der Waals surface area contributed by atoms with Gasteiger partial charge < -0.3 is 10.1 Å². The fourth-order valence-corrected chi connectivity index (χ4v) is 2.05. The molecule has 5 heteroatoms. The van der Waals surface area contributed by atoms with Crippen LogP contribution in [-0.4, -0.2) is 30.5 Å². The van der Waals surface area contributed by atoms with Gasteiger partial charge in [0.2, 0.25) is 5.13 Å². The van der Waals surface area contributed by atoms with Crippen molar-refractivity contribution in [1.82, 2.24) is 10.2 Å². The van der Waals surface area contributed by atoms with E-state index < -0.39 is 0 Å². The van der Waals surface area contributed by atoms with E-state index in [0.29, 0.717) is 5.92 Å². The Kier molecular flexibility index (Phi) is 2.23. The Hall–Kier alpha value is -0.680. The first kappa shape index (κ1) is 7.94. The van der Waals surface area contributed by atoms with Crippen LogP contribution in [0.4, 0.5) is 5.13 Å². The highest BCUT2D eigenvalue weighted by atomic mass is 32.1. The van der Waals surface area contributed by atoms with E-state index in [1.807, 2.05) is 7.05 Å². The molecule has 0 saturated carbocycles. The van der Waals surface area contributed by atoms with Gasteiger partial charge in [0.25, 0.3) is 0 Å². The Labute approximate surface area is 75.0 Å². The average Bonchev–Trinajstić information content (AvgIpc) is 2.75. The third-order valence-electron chi connectivity index (χ3n) is 1.93. The fourth-order valence-electron chi connectivity index (χ4n) is 1.23. The second-order valence-electron chi connectivity index (χ2n) is 2.76. The minimum Gasteiger partial charge on any atom is -0.381 e. The van der Waals surface area contributed by atoms with Crippen LogP contribution in [0.25, 0.3) is 0 Å². The van der Waals surface area contributed by atoms with Crippen molar-refractivity contribution in [3.8, 4) is 0 Å². The lowest BCUT2D eigenvalue weighted by atomic mass is 10.1. The number of nitrogens with one attached hydrogen (secondary N) is 1. The molecule has 1 aliphatic rings. The van der Waals surface area contributed by atoms with E-state index in [2.05, 4.69) is 15.5 Å². The molecule has 1 saturated heterocycles. The molecule has 12 heavy (non-hydrogen) atoms. The first-order chi connectivity index (χ1) is 5.90. The number of hydrogen-bond acceptors (Lipinski definition) is 5. The van der Waals surface area contributed by atoms with E-state index in [1.165, 1.54) is 0 Å². The summed E-state index contributed by atoms with van der Waals surface area (Å²) in [7, 11) is 1.86. The average molecular weight is 185 g/mol. The Morgan fingerprint density at radius 3 is 3.08 bits per heavy atom. The Morgan fingerprint density at radius 1 is 1.58 bits per heavy atom. The second kappa shape index (κ2) is 3.37. The predicted molar refractivity (Wildman–Crippen MR) is 47.6 cm³/mol. The summed E-state index contributed by atoms with van der Waals surface area (Å²) in [4.78, 5) is 0. The van der Waals surface area contributed by atoms with Crippen molar-refractivity contribution in [2.24, 2.45) is 0 Å². The predicted octanol–water partition coefficient (Wildman–Crippen LogP) is 1.08. The normalized spacial score (nSPS) is 22.9. The van der Waals surface area contributed by atoms with Gasteiger partial charge in [0, 0.05) is 19.6 Å². The maximum Gasteiger partial charge on any atom is 0.205 e. The van der Waals surface area contributed by atoms with Crippen LogP contribution in [0, 0.1) is 0 Å². The largest absolute Gasteiger partial charge is 0.381 e. The van der Waals surface area contributed by atoms with E-state index in [1.54, 1.807) is 11.3 Å². The molecule has 0 aliphatic carbocycles. The van der Waals surface area contributed by atoms with Gasteiger partial charge in [-0.05, 0) is 6.42 Å². The highest BCUT2D eigenvalue weighted by Gasteiger charge is 2.21. The molecule has 1 unspecified atom stereocenters. The van der Waals surface area contributed by atoms with Gasteiger partial charge in [-0.15, -0.1) is 10.2 Å². The summed E-state index contributed by atoms with van der Waals surface area (Å²) in [5.41, 5.74) is 0. The molecule has 1 N–H and O–H groups in total. The highest BCUT2D eigenvalue weighted by molar-refractivity contribution is 7.15. The van der Waals surface area contributed by atoms with Crippen molar-refractivity contribution < 1.29 is 4.74 Å². The molecule has 2 rings (SSSR count). The number of rotatable bonds is 2. The molecule has 0 aromatic carbocycles. The van der Waals surface area contributed by atoms with Crippen LogP contribution in [0.2, 0.25) is 0 Å². The van der Waals surface area contributed by atoms with Crippen LogP contribution < -0.4 is 5.32 Å². The Morgan fingerprint density at radius 2 is 2.50 bits per heavy atom. The molecule has 66 valence electrons. The maximum absolute atomic E-state index is 5.27. The lowest BCUT2D eigenvalue weighted by molar-refractivity contribution is 0.194. The summed E-state index contributed by atoms with van der Waals surface area (Å²) in [6, 6.07) is 0. The van der Waals surface area contributed by atoms with Crippen molar-refractivity contribution in [3.63, 3.8) is 0 Å². The smallest absolute Gasteiger partial charge is 0.205 e. The van der Waals surface area contributed by atoms with E-state index in [0.717, 1.165) is 29.8 Å². The van der Waals surface area contributed by atoms with Crippen LogP contribution in [-0.2, 0) is 4.74 Å². The molecule has 4 nitrogen and oxygen atoms in total. The fraction of sp³-hybridized carbons (Fsp3) is 0.714. The molecule has 1 aromatic heterocycles. The number of aromatic nitrogens is 2. The SMILES string of the molecule is CNc1nnc(C2CCOC2)s1. The number of hydrogen-bond donors (Lipinski definition) is 1. The molecular weight excluding hydrogens is 174 g/mol. The maximum atomic E-state index is 5.27. The van der Waals surface area contributed by atoms with Gasteiger partial charge in [0.1, 0.15) is 5.01 Å². The van der Waals surface area contributed by atoms with Crippen molar-refractivity contribution in [1.29, 1.82) is 0 Å². The van der Waals surface area contributed by atoms with Crippen LogP contribution in [0.5, 0.6) is 0 Å². The number of anilines is 1. The van der Waals surface area contributed by atoms with Crippen LogP contribution >= 0.6 is 11.3 Å². The molecule has 1 fully saturated rings. The van der Waals surface area contributed by atoms with Gasteiger partial charge in [-0.3, -0.25) is 0 Å². The molecule has 1 aromatic rings. The van der Waals surface area contributed by atoms with E-state index >= 15 is 0 Å². The van der Waals surface area contributed by atoms with Gasteiger partial charge in [-0.25, -0.2) is 0 Å². The lowest BCUT2D eigenvalue weighted by Crippen LogP contribution is -1.95. The van der Waals surface area contributed by atoms with Crippen molar-refractivity contribution in [2.45, 2.75) is 12.3 Å². The zero-order chi connectivity index (χ0) is 8.39. The summed E-state index contributed by atoms with van der Waals surface area (Å²) >= 11 is 1.62. The minimum absolute atomic E-state index is 0.476. The summed E-state index contributed by atoms with van der Waals surface area (Å²) in [6.07, 6.45) is 1.08. The second-order valence-corrected chi connectivity index (χ2v) is 3.77. The highest BCUT2D eigenvalue weighted by Crippen LogP contribution is 2.28. The molecule has 2 heterocycles. The van der Waals surface area contributed by atoms with E-state index in [4.69, 9.17) is 4.74 Å². The van der Waals surface area contributed by atoms with Gasteiger partial charge in [-0.1, -0.05) is 11.3 Å². The third kappa shape index (κ3) is 1.42. The topological polar surface area (TPSA) is 47.0 Å². The molecule has 0 amide bonds. The summed E-state index contributed by atoms with van der Waals surface area (Å²) in [5, 5.41) is 13.0. The number of ether oxygens (including phenoxy) is 1. The molecule has 1 aliphatic heterocycles. The van der Waals surface area contributed by atoms with Crippen molar-refractivity contribution >= 4 is 16.5 Å². The standard InChI is InChI=1S/C7H11N3OS/c1-8-7-10-9-6(12-7)5-2-3-11-4-5/h5H,2-4H2,1H3,(H,8,10). The lowest BCUT2D eigenvalue weighted by Gasteiger charge is -1.98. The summed E-state index contributed by atoms with van der Waals surface area (Å²) in [6.45, 7) is 1.66. The minimum atomic E-state index is 0.476. The van der Waals surface area contributed by atoms with Crippen LogP contribution in [0.3, 0.4) is 0 Å². The monoisotopic (exact) mass is 185 g/mol. The molecule has 0 bridgehead atoms. The van der Waals surface area contributed by atoms with Gasteiger partial charge in [0.05, 0.1) is 6.61 Å².